The quantitative estimate of drug-likeness (QED) is 0.343. The molecule has 1 saturated carbocycles. The maximum Gasteiger partial charge on any atom is 0.459 e. The largest absolute Gasteiger partial charge is 0.492 e. The molecule has 1 fully saturated rings. The van der Waals surface area contributed by atoms with Crippen LogP contribution in [0.3, 0.4) is 0 Å². The van der Waals surface area contributed by atoms with Crippen LogP contribution in [0.15, 0.2) is 36.7 Å². The first-order chi connectivity index (χ1) is 15.2. The number of imidazole rings is 1. The van der Waals surface area contributed by atoms with Gasteiger partial charge in [-0.15, -0.1) is 0 Å². The van der Waals surface area contributed by atoms with Gasteiger partial charge in [-0.1, -0.05) is 18.2 Å². The Morgan fingerprint density at radius 2 is 2.06 bits per heavy atom. The van der Waals surface area contributed by atoms with Gasteiger partial charge in [-0.25, -0.2) is 9.55 Å². The molecule has 0 radical (unpaired) electrons. The number of rotatable bonds is 9. The number of benzene rings is 1. The number of carbonyl (C=O) groups is 1. The summed E-state index contributed by atoms with van der Waals surface area (Å²) in [5.74, 6) is -1.14. The third kappa shape index (κ3) is 4.67. The number of aliphatic carboxylic acids is 1. The highest BCUT2D eigenvalue weighted by Crippen LogP contribution is 2.48. The molecular formula is C19H23N6O6P. The first-order valence-corrected chi connectivity index (χ1v) is 11.5. The zero-order chi connectivity index (χ0) is 22.9. The zero-order valence-corrected chi connectivity index (χ0v) is 18.1. The molecule has 2 atom stereocenters. The molecule has 32 heavy (non-hydrogen) atoms. The van der Waals surface area contributed by atoms with E-state index in [0.717, 1.165) is 0 Å². The van der Waals surface area contributed by atoms with E-state index in [0.29, 0.717) is 24.2 Å². The molecule has 2 unspecified atom stereocenters. The summed E-state index contributed by atoms with van der Waals surface area (Å²) >= 11 is 0. The third-order valence-corrected chi connectivity index (χ3v) is 6.84. The Morgan fingerprint density at radius 1 is 1.34 bits per heavy atom. The van der Waals surface area contributed by atoms with E-state index in [9.17, 15) is 19.6 Å². The second-order valence-corrected chi connectivity index (χ2v) is 9.30. The molecule has 1 aliphatic carbocycles. The van der Waals surface area contributed by atoms with E-state index in [2.05, 4.69) is 20.0 Å². The highest BCUT2D eigenvalue weighted by molar-refractivity contribution is 7.52. The summed E-state index contributed by atoms with van der Waals surface area (Å²) in [6, 6.07) is 7.32. The SMILES string of the molecule is CC(NP(=O)(OC[C@H]1C[C@@H](n2cnc3c(O)nc(N)nc32)C1)Oc1ccccc1)C(=O)O. The molecule has 12 nitrogen and oxygen atoms in total. The molecule has 1 aliphatic rings. The number of carboxylic acids is 1. The van der Waals surface area contributed by atoms with Gasteiger partial charge >= 0.3 is 13.7 Å². The Hall–Kier alpha value is -3.21. The molecule has 1 aromatic carbocycles. The van der Waals surface area contributed by atoms with Crippen molar-refractivity contribution in [3.05, 3.63) is 36.7 Å². The number of nitrogen functional groups attached to an aromatic ring is 1. The highest BCUT2D eigenvalue weighted by Gasteiger charge is 2.37. The zero-order valence-electron chi connectivity index (χ0n) is 17.2. The van der Waals surface area contributed by atoms with Gasteiger partial charge in [0.05, 0.1) is 12.9 Å². The van der Waals surface area contributed by atoms with Crippen molar-refractivity contribution in [1.82, 2.24) is 24.6 Å². The molecule has 0 saturated heterocycles. The van der Waals surface area contributed by atoms with Crippen LogP contribution in [0.4, 0.5) is 5.95 Å². The average molecular weight is 462 g/mol. The number of nitrogens with one attached hydrogen (secondary N) is 1. The van der Waals surface area contributed by atoms with Gasteiger partial charge in [0.1, 0.15) is 11.8 Å². The smallest absolute Gasteiger partial charge is 0.459 e. The number of aromatic nitrogens is 4. The van der Waals surface area contributed by atoms with Gasteiger partial charge in [-0.2, -0.15) is 15.1 Å². The summed E-state index contributed by atoms with van der Waals surface area (Å²) < 4.78 is 26.1. The number of nitrogens with two attached hydrogens (primary N) is 1. The van der Waals surface area contributed by atoms with Gasteiger partial charge in [-0.3, -0.25) is 9.32 Å². The number of fused-ring (bicyclic) bond motifs is 1. The molecule has 170 valence electrons. The maximum absolute atomic E-state index is 13.2. The van der Waals surface area contributed by atoms with Crippen LogP contribution in [-0.4, -0.2) is 48.4 Å². The molecular weight excluding hydrogens is 439 g/mol. The van der Waals surface area contributed by atoms with Gasteiger partial charge in [0, 0.05) is 6.04 Å². The molecule has 13 heteroatoms. The van der Waals surface area contributed by atoms with E-state index in [4.69, 9.17) is 14.8 Å². The number of carboxylic acid groups (broad SMARTS) is 1. The fourth-order valence-electron chi connectivity index (χ4n) is 3.45. The number of hydrogen-bond acceptors (Lipinski definition) is 9. The van der Waals surface area contributed by atoms with Crippen molar-refractivity contribution in [2.24, 2.45) is 5.92 Å². The molecule has 2 heterocycles. The second-order valence-electron chi connectivity index (χ2n) is 7.61. The predicted octanol–water partition coefficient (Wildman–Crippen LogP) is 2.33. The molecule has 2 aromatic heterocycles. The van der Waals surface area contributed by atoms with Crippen molar-refractivity contribution in [3.8, 4) is 11.6 Å². The molecule has 4 rings (SSSR count). The van der Waals surface area contributed by atoms with Crippen LogP contribution in [0.2, 0.25) is 0 Å². The topological polar surface area (TPSA) is 175 Å². The first-order valence-electron chi connectivity index (χ1n) is 9.93. The minimum absolute atomic E-state index is 0.0441. The van der Waals surface area contributed by atoms with E-state index >= 15 is 0 Å². The standard InChI is InChI=1S/C19H23N6O6P/c1-11(18(27)28)24-32(29,31-14-5-3-2-4-6-14)30-9-12-7-13(8-12)25-10-21-15-16(25)22-19(20)23-17(15)26/h2-6,10-13H,7-9H2,1H3,(H,24,29)(H,27,28)(H3,20,22,23,26)/t11?,12-,13+,32?. The van der Waals surface area contributed by atoms with Crippen LogP contribution < -0.4 is 15.3 Å². The second kappa shape index (κ2) is 8.73. The Balaban J connectivity index is 1.40. The summed E-state index contributed by atoms with van der Waals surface area (Å²) in [6.45, 7) is 1.47. The van der Waals surface area contributed by atoms with Crippen LogP contribution in [0.25, 0.3) is 11.2 Å². The average Bonchev–Trinajstić information content (AvgIpc) is 3.11. The van der Waals surface area contributed by atoms with Gasteiger partial charge in [0.15, 0.2) is 11.2 Å². The van der Waals surface area contributed by atoms with Crippen molar-refractivity contribution < 1.29 is 28.6 Å². The lowest BCUT2D eigenvalue weighted by Gasteiger charge is -2.36. The molecule has 3 aromatic rings. The summed E-state index contributed by atoms with van der Waals surface area (Å²) in [4.78, 5) is 23.2. The van der Waals surface area contributed by atoms with E-state index in [-0.39, 0.29) is 35.9 Å². The van der Waals surface area contributed by atoms with Crippen molar-refractivity contribution in [1.29, 1.82) is 0 Å². The fourth-order valence-corrected chi connectivity index (χ4v) is 5.03. The van der Waals surface area contributed by atoms with E-state index < -0.39 is 19.8 Å². The lowest BCUT2D eigenvalue weighted by atomic mass is 9.81. The first kappa shape index (κ1) is 22.0. The fraction of sp³-hybridized carbons (Fsp3) is 0.368. The molecule has 0 amide bonds. The summed E-state index contributed by atoms with van der Waals surface area (Å²) in [5, 5.41) is 21.5. The lowest BCUT2D eigenvalue weighted by Crippen LogP contribution is -2.35. The van der Waals surface area contributed by atoms with Crippen molar-refractivity contribution in [2.75, 3.05) is 12.3 Å². The van der Waals surface area contributed by atoms with Gasteiger partial charge in [0.2, 0.25) is 11.8 Å². The van der Waals surface area contributed by atoms with Gasteiger partial charge < -0.3 is 25.0 Å². The van der Waals surface area contributed by atoms with Gasteiger partial charge in [0.25, 0.3) is 0 Å². The maximum atomic E-state index is 13.2. The van der Waals surface area contributed by atoms with E-state index in [1.807, 2.05) is 4.57 Å². The van der Waals surface area contributed by atoms with Crippen LogP contribution in [0, 0.1) is 5.92 Å². The van der Waals surface area contributed by atoms with Crippen LogP contribution in [-0.2, 0) is 13.9 Å². The summed E-state index contributed by atoms with van der Waals surface area (Å²) in [5.41, 5.74) is 6.33. The van der Waals surface area contributed by atoms with Crippen LogP contribution in [0.1, 0.15) is 25.8 Å². The predicted molar refractivity (Wildman–Crippen MR) is 114 cm³/mol. The van der Waals surface area contributed by atoms with Gasteiger partial charge in [-0.05, 0) is 37.8 Å². The normalized spacial score (nSPS) is 20.9. The molecule has 0 spiro atoms. The molecule has 0 bridgehead atoms. The third-order valence-electron chi connectivity index (χ3n) is 5.20. The van der Waals surface area contributed by atoms with Crippen molar-refractivity contribution in [3.63, 3.8) is 0 Å². The number of nitrogens with zero attached hydrogens (tertiary/aromatic N) is 4. The summed E-state index contributed by atoms with van der Waals surface area (Å²) in [6.07, 6.45) is 2.92. The molecule has 0 aliphatic heterocycles. The number of para-hydroxylation sites is 1. The Kier molecular flexibility index (Phi) is 6.00. The van der Waals surface area contributed by atoms with Crippen molar-refractivity contribution >= 4 is 30.8 Å². The Labute approximate surface area is 183 Å². The monoisotopic (exact) mass is 462 g/mol. The Morgan fingerprint density at radius 3 is 2.75 bits per heavy atom. The van der Waals surface area contributed by atoms with Crippen molar-refractivity contribution in [2.45, 2.75) is 31.8 Å². The van der Waals surface area contributed by atoms with E-state index in [1.165, 1.54) is 6.92 Å². The summed E-state index contributed by atoms with van der Waals surface area (Å²) in [7, 11) is -3.94. The lowest BCUT2D eigenvalue weighted by molar-refractivity contribution is -0.138. The Bertz CT molecular complexity index is 1170. The number of aromatic hydroxyl groups is 1. The van der Waals surface area contributed by atoms with Crippen LogP contribution >= 0.6 is 7.75 Å². The highest BCUT2D eigenvalue weighted by atomic mass is 31.2. The minimum atomic E-state index is -3.94. The minimum Gasteiger partial charge on any atom is -0.492 e. The van der Waals surface area contributed by atoms with E-state index in [1.54, 1.807) is 36.7 Å². The van der Waals surface area contributed by atoms with Crippen LogP contribution in [0.5, 0.6) is 11.6 Å². The number of anilines is 1. The number of hydrogen-bond donors (Lipinski definition) is 4. The molecule has 5 N–H and O–H groups in total.